The molecule has 0 saturated carbocycles. The number of hydrogen-bond donors (Lipinski definition) is 2. The highest BCUT2D eigenvalue weighted by Crippen LogP contribution is 2.24. The van der Waals surface area contributed by atoms with Crippen molar-refractivity contribution in [3.05, 3.63) is 78.4 Å². The van der Waals surface area contributed by atoms with Gasteiger partial charge in [-0.3, -0.25) is 4.79 Å². The second-order valence-electron chi connectivity index (χ2n) is 8.60. The predicted octanol–water partition coefficient (Wildman–Crippen LogP) is 4.24. The number of rotatable bonds is 12. The van der Waals surface area contributed by atoms with Crippen LogP contribution in [0.2, 0.25) is 0 Å². The Hall–Kier alpha value is -3.03. The van der Waals surface area contributed by atoms with Crippen molar-refractivity contribution in [2.24, 2.45) is 5.92 Å². The van der Waals surface area contributed by atoms with Crippen LogP contribution in [-0.4, -0.2) is 32.7 Å². The fraction of sp³-hybridized carbons (Fsp3) is 0.333. The molecule has 0 aromatic heterocycles. The Bertz CT molecular complexity index is 1210. The summed E-state index contributed by atoms with van der Waals surface area (Å²) >= 11 is 0. The summed E-state index contributed by atoms with van der Waals surface area (Å²) < 4.78 is 29.5. The van der Waals surface area contributed by atoms with Crippen LogP contribution < -0.4 is 10.0 Å². The molecule has 0 radical (unpaired) electrons. The summed E-state index contributed by atoms with van der Waals surface area (Å²) in [7, 11) is -3.96. The zero-order valence-corrected chi connectivity index (χ0v) is 20.4. The first-order valence-corrected chi connectivity index (χ1v) is 13.1. The molecule has 0 spiro atoms. The van der Waals surface area contributed by atoms with Crippen LogP contribution in [0, 0.1) is 5.92 Å². The van der Waals surface area contributed by atoms with Gasteiger partial charge >= 0.3 is 0 Å². The van der Waals surface area contributed by atoms with Crippen molar-refractivity contribution in [1.29, 1.82) is 0 Å². The molecule has 3 aromatic rings. The summed E-state index contributed by atoms with van der Waals surface area (Å²) in [6.07, 6.45) is 2.80. The summed E-state index contributed by atoms with van der Waals surface area (Å²) in [6, 6.07) is 20.9. The second-order valence-corrected chi connectivity index (χ2v) is 10.3. The van der Waals surface area contributed by atoms with E-state index in [-0.39, 0.29) is 22.8 Å². The molecule has 0 bridgehead atoms. The van der Waals surface area contributed by atoms with Gasteiger partial charge in [-0.1, -0.05) is 87.0 Å². The van der Waals surface area contributed by atoms with Gasteiger partial charge in [-0.05, 0) is 35.8 Å². The smallest absolute Gasteiger partial charge is 0.241 e. The Morgan fingerprint density at radius 3 is 2.35 bits per heavy atom. The van der Waals surface area contributed by atoms with Crippen LogP contribution >= 0.6 is 0 Å². The van der Waals surface area contributed by atoms with Gasteiger partial charge in [-0.15, -0.1) is 0 Å². The molecule has 0 heterocycles. The molecule has 0 aliphatic rings. The number of hydrogen-bond acceptors (Lipinski definition) is 4. The lowest BCUT2D eigenvalue weighted by Crippen LogP contribution is -2.52. The van der Waals surface area contributed by atoms with Gasteiger partial charge in [0, 0.05) is 17.8 Å². The minimum atomic E-state index is -3.96. The second kappa shape index (κ2) is 11.9. The molecule has 3 atom stereocenters. The van der Waals surface area contributed by atoms with Gasteiger partial charge in [0.05, 0.1) is 4.90 Å². The molecule has 0 fully saturated rings. The van der Waals surface area contributed by atoms with Gasteiger partial charge in [-0.2, -0.15) is 4.72 Å². The molecule has 7 heteroatoms. The Kier molecular flexibility index (Phi) is 8.96. The van der Waals surface area contributed by atoms with Gasteiger partial charge in [0.1, 0.15) is 12.3 Å². The summed E-state index contributed by atoms with van der Waals surface area (Å²) in [5.41, 5.74) is 1.04. The van der Waals surface area contributed by atoms with Crippen molar-refractivity contribution < 1.29 is 18.0 Å². The lowest BCUT2D eigenvalue weighted by molar-refractivity contribution is -0.124. The summed E-state index contributed by atoms with van der Waals surface area (Å²) in [4.78, 5) is 24.5. The average molecular weight is 481 g/mol. The first-order chi connectivity index (χ1) is 16.4. The van der Waals surface area contributed by atoms with Crippen LogP contribution in [0.5, 0.6) is 0 Å². The van der Waals surface area contributed by atoms with Gasteiger partial charge in [-0.25, -0.2) is 8.42 Å². The predicted molar refractivity (Wildman–Crippen MR) is 135 cm³/mol. The van der Waals surface area contributed by atoms with Crippen LogP contribution in [0.3, 0.4) is 0 Å². The highest BCUT2D eigenvalue weighted by molar-refractivity contribution is 7.89. The molecule has 6 nitrogen and oxygen atoms in total. The SMILES string of the molecule is CC[C@H](C)[C@H](NS(=O)(=O)c1cccc2ccccc12)C(=O)N[C@H](CCC=O)Cc1ccccc1. The number of aldehydes is 1. The highest BCUT2D eigenvalue weighted by atomic mass is 32.2. The number of carbonyl (C=O) groups excluding carboxylic acids is 2. The molecule has 3 rings (SSSR count). The number of nitrogens with one attached hydrogen (secondary N) is 2. The number of amides is 1. The van der Waals surface area contributed by atoms with E-state index in [0.717, 1.165) is 17.2 Å². The van der Waals surface area contributed by atoms with Crippen molar-refractivity contribution in [2.75, 3.05) is 0 Å². The minimum absolute atomic E-state index is 0.147. The molecule has 0 saturated heterocycles. The molecule has 3 aromatic carbocycles. The topological polar surface area (TPSA) is 92.3 Å². The van der Waals surface area contributed by atoms with Gasteiger partial charge in [0.2, 0.25) is 15.9 Å². The number of carbonyl (C=O) groups is 2. The van der Waals surface area contributed by atoms with Crippen LogP contribution in [0.1, 0.15) is 38.7 Å². The van der Waals surface area contributed by atoms with E-state index in [4.69, 9.17) is 0 Å². The molecular formula is C27H32N2O4S. The maximum atomic E-state index is 13.4. The largest absolute Gasteiger partial charge is 0.352 e. The lowest BCUT2D eigenvalue weighted by atomic mass is 9.97. The molecule has 34 heavy (non-hydrogen) atoms. The average Bonchev–Trinajstić information content (AvgIpc) is 2.85. The number of benzene rings is 3. The third-order valence-corrected chi connectivity index (χ3v) is 7.62. The van der Waals surface area contributed by atoms with Crippen LogP contribution in [0.4, 0.5) is 0 Å². The summed E-state index contributed by atoms with van der Waals surface area (Å²) in [5, 5.41) is 4.42. The highest BCUT2D eigenvalue weighted by Gasteiger charge is 2.31. The quantitative estimate of drug-likeness (QED) is 0.379. The standard InChI is InChI=1S/C27H32N2O4S/c1-3-20(2)26(27(31)28-23(15-10-18-30)19-21-11-5-4-6-12-21)29-34(32,33)25-17-9-14-22-13-7-8-16-24(22)25/h4-9,11-14,16-18,20,23,26,29H,3,10,15,19H2,1-2H3,(H,28,31)/t20-,23+,26-/m0/s1. The third kappa shape index (κ3) is 6.52. The maximum absolute atomic E-state index is 13.4. The Morgan fingerprint density at radius 2 is 1.65 bits per heavy atom. The maximum Gasteiger partial charge on any atom is 0.241 e. The molecule has 1 amide bonds. The fourth-order valence-electron chi connectivity index (χ4n) is 4.01. The minimum Gasteiger partial charge on any atom is -0.352 e. The summed E-state index contributed by atoms with van der Waals surface area (Å²) in [6.45, 7) is 3.78. The van der Waals surface area contributed by atoms with Crippen LogP contribution in [-0.2, 0) is 26.0 Å². The number of fused-ring (bicyclic) bond motifs is 1. The van der Waals surface area contributed by atoms with E-state index >= 15 is 0 Å². The Balaban J connectivity index is 1.84. The Morgan fingerprint density at radius 1 is 0.971 bits per heavy atom. The fourth-order valence-corrected chi connectivity index (χ4v) is 5.54. The lowest BCUT2D eigenvalue weighted by Gasteiger charge is -2.27. The first-order valence-electron chi connectivity index (χ1n) is 11.6. The van der Waals surface area contributed by atoms with E-state index in [1.807, 2.05) is 62.4 Å². The van der Waals surface area contributed by atoms with Gasteiger partial charge < -0.3 is 10.1 Å². The molecule has 0 unspecified atom stereocenters. The van der Waals surface area contributed by atoms with E-state index in [1.54, 1.807) is 24.3 Å². The monoisotopic (exact) mass is 480 g/mol. The molecular weight excluding hydrogens is 448 g/mol. The van der Waals surface area contributed by atoms with Gasteiger partial charge in [0.25, 0.3) is 0 Å². The zero-order chi connectivity index (χ0) is 24.6. The van der Waals surface area contributed by atoms with Crippen molar-refractivity contribution >= 4 is 33.0 Å². The van der Waals surface area contributed by atoms with E-state index in [2.05, 4.69) is 10.0 Å². The van der Waals surface area contributed by atoms with E-state index < -0.39 is 16.1 Å². The van der Waals surface area contributed by atoms with Crippen LogP contribution in [0.25, 0.3) is 10.8 Å². The molecule has 0 aliphatic heterocycles. The first kappa shape index (κ1) is 25.6. The van der Waals surface area contributed by atoms with E-state index in [9.17, 15) is 18.0 Å². The van der Waals surface area contributed by atoms with Crippen molar-refractivity contribution in [2.45, 2.75) is 56.5 Å². The number of sulfonamides is 1. The third-order valence-electron chi connectivity index (χ3n) is 6.12. The molecule has 0 aliphatic carbocycles. The zero-order valence-electron chi connectivity index (χ0n) is 19.6. The van der Waals surface area contributed by atoms with E-state index in [1.165, 1.54) is 0 Å². The Labute approximate surface area is 201 Å². The van der Waals surface area contributed by atoms with Crippen molar-refractivity contribution in [1.82, 2.24) is 10.0 Å². The molecule has 180 valence electrons. The van der Waals surface area contributed by atoms with Crippen molar-refractivity contribution in [3.8, 4) is 0 Å². The van der Waals surface area contributed by atoms with Crippen molar-refractivity contribution in [3.63, 3.8) is 0 Å². The normalized spacial score (nSPS) is 14.3. The summed E-state index contributed by atoms with van der Waals surface area (Å²) in [5.74, 6) is -0.613. The van der Waals surface area contributed by atoms with Crippen LogP contribution in [0.15, 0.2) is 77.7 Å². The van der Waals surface area contributed by atoms with Gasteiger partial charge in [0.15, 0.2) is 0 Å². The molecule has 2 N–H and O–H groups in total. The van der Waals surface area contributed by atoms with E-state index in [0.29, 0.717) is 31.1 Å².